The maximum Gasteiger partial charge on any atom is 0.253 e. The zero-order valence-corrected chi connectivity index (χ0v) is 18.7. The molecule has 3 heterocycles. The minimum atomic E-state index is -1.02. The van der Waals surface area contributed by atoms with Gasteiger partial charge < -0.3 is 9.42 Å². The number of aryl methyl sites for hydroxylation is 1. The summed E-state index contributed by atoms with van der Waals surface area (Å²) in [5, 5.41) is 3.99. The molecule has 6 nitrogen and oxygen atoms in total. The number of piperidine rings is 1. The Morgan fingerprint density at radius 3 is 2.44 bits per heavy atom. The molecular weight excluding hydrogens is 414 g/mol. The van der Waals surface area contributed by atoms with E-state index in [1.165, 1.54) is 6.07 Å². The summed E-state index contributed by atoms with van der Waals surface area (Å²) in [6.07, 6.45) is 3.17. The topological polar surface area (TPSA) is 72.1 Å². The van der Waals surface area contributed by atoms with E-state index in [9.17, 15) is 13.6 Å². The molecule has 1 saturated heterocycles. The van der Waals surface area contributed by atoms with Gasteiger partial charge in [-0.3, -0.25) is 4.79 Å². The molecule has 1 aromatic carbocycles. The minimum Gasteiger partial charge on any atom is -0.356 e. The van der Waals surface area contributed by atoms with Crippen LogP contribution >= 0.6 is 0 Å². The quantitative estimate of drug-likeness (QED) is 0.571. The fourth-order valence-corrected chi connectivity index (χ4v) is 3.92. The molecular formula is C24H26F2N4O2. The van der Waals surface area contributed by atoms with Gasteiger partial charge in [0.05, 0.1) is 17.0 Å². The molecule has 1 aliphatic heterocycles. The van der Waals surface area contributed by atoms with E-state index in [1.54, 1.807) is 11.1 Å². The van der Waals surface area contributed by atoms with E-state index in [0.717, 1.165) is 34.9 Å². The van der Waals surface area contributed by atoms with Crippen molar-refractivity contribution in [3.8, 4) is 11.3 Å². The molecule has 3 aromatic rings. The molecule has 0 spiro atoms. The Labute approximate surface area is 185 Å². The van der Waals surface area contributed by atoms with E-state index in [4.69, 9.17) is 9.51 Å². The number of carbonyl (C=O) groups excluding carboxylic acids is 1. The van der Waals surface area contributed by atoms with Crippen LogP contribution in [-0.4, -0.2) is 39.0 Å². The molecule has 0 saturated carbocycles. The molecule has 2 aromatic heterocycles. The summed E-state index contributed by atoms with van der Waals surface area (Å²) in [5.74, 6) is -0.812. The van der Waals surface area contributed by atoms with E-state index in [-0.39, 0.29) is 22.8 Å². The SMILES string of the molecule is Cc1cc(-c2cnc(C(C)(C)C)nc2C2CCN(C(=O)c3ccc(F)c(F)c3)CC2)on1. The van der Waals surface area contributed by atoms with Crippen LogP contribution in [0.3, 0.4) is 0 Å². The second kappa shape index (κ2) is 8.41. The zero-order chi connectivity index (χ0) is 23.0. The fraction of sp³-hybridized carbons (Fsp3) is 0.417. The van der Waals surface area contributed by atoms with Gasteiger partial charge in [-0.05, 0) is 38.0 Å². The van der Waals surface area contributed by atoms with E-state index in [2.05, 4.69) is 30.9 Å². The van der Waals surface area contributed by atoms with Crippen LogP contribution in [0.1, 0.15) is 67.1 Å². The zero-order valence-electron chi connectivity index (χ0n) is 18.7. The Hall–Kier alpha value is -3.16. The van der Waals surface area contributed by atoms with Crippen molar-refractivity contribution in [1.82, 2.24) is 20.0 Å². The van der Waals surface area contributed by atoms with E-state index in [1.807, 2.05) is 13.0 Å². The third kappa shape index (κ3) is 4.40. The van der Waals surface area contributed by atoms with Crippen LogP contribution in [0.2, 0.25) is 0 Å². The van der Waals surface area contributed by atoms with Gasteiger partial charge >= 0.3 is 0 Å². The fourth-order valence-electron chi connectivity index (χ4n) is 3.92. The lowest BCUT2D eigenvalue weighted by atomic mass is 9.88. The molecule has 0 aliphatic carbocycles. The van der Waals surface area contributed by atoms with Crippen LogP contribution in [0.4, 0.5) is 8.78 Å². The number of benzene rings is 1. The van der Waals surface area contributed by atoms with Crippen molar-refractivity contribution in [2.24, 2.45) is 0 Å². The highest BCUT2D eigenvalue weighted by Gasteiger charge is 2.30. The Balaban J connectivity index is 1.58. The maximum atomic E-state index is 13.6. The molecule has 0 unspecified atom stereocenters. The van der Waals surface area contributed by atoms with Gasteiger partial charge in [-0.15, -0.1) is 0 Å². The third-order valence-electron chi connectivity index (χ3n) is 5.72. The number of halogens is 2. The van der Waals surface area contributed by atoms with E-state index in [0.29, 0.717) is 31.7 Å². The first-order valence-electron chi connectivity index (χ1n) is 10.7. The van der Waals surface area contributed by atoms with Gasteiger partial charge in [0.1, 0.15) is 5.82 Å². The van der Waals surface area contributed by atoms with Crippen molar-refractivity contribution in [2.45, 2.75) is 51.9 Å². The average molecular weight is 440 g/mol. The van der Waals surface area contributed by atoms with Crippen LogP contribution in [-0.2, 0) is 5.41 Å². The Morgan fingerprint density at radius 2 is 1.84 bits per heavy atom. The normalized spacial score (nSPS) is 15.2. The molecule has 1 aliphatic rings. The molecule has 168 valence electrons. The number of likely N-dealkylation sites (tertiary alicyclic amines) is 1. The van der Waals surface area contributed by atoms with Gasteiger partial charge in [0.25, 0.3) is 5.91 Å². The monoisotopic (exact) mass is 440 g/mol. The average Bonchev–Trinajstić information content (AvgIpc) is 3.20. The number of hydrogen-bond donors (Lipinski definition) is 0. The second-order valence-electron chi connectivity index (χ2n) is 9.27. The second-order valence-corrected chi connectivity index (χ2v) is 9.27. The summed E-state index contributed by atoms with van der Waals surface area (Å²) >= 11 is 0. The Bertz CT molecular complexity index is 1150. The van der Waals surface area contributed by atoms with Crippen molar-refractivity contribution in [3.05, 3.63) is 64.9 Å². The van der Waals surface area contributed by atoms with E-state index < -0.39 is 11.6 Å². The molecule has 4 rings (SSSR count). The highest BCUT2D eigenvalue weighted by molar-refractivity contribution is 5.94. The molecule has 0 atom stereocenters. The predicted molar refractivity (Wildman–Crippen MR) is 115 cm³/mol. The van der Waals surface area contributed by atoms with Gasteiger partial charge in [-0.2, -0.15) is 0 Å². The largest absolute Gasteiger partial charge is 0.356 e. The van der Waals surface area contributed by atoms with E-state index >= 15 is 0 Å². The maximum absolute atomic E-state index is 13.6. The molecule has 0 radical (unpaired) electrons. The van der Waals surface area contributed by atoms with Crippen LogP contribution < -0.4 is 0 Å². The molecule has 0 N–H and O–H groups in total. The smallest absolute Gasteiger partial charge is 0.253 e. The number of aromatic nitrogens is 3. The van der Waals surface area contributed by atoms with Gasteiger partial charge in [0, 0.05) is 42.2 Å². The number of nitrogens with zero attached hydrogens (tertiary/aromatic N) is 4. The van der Waals surface area contributed by atoms with Gasteiger partial charge in [-0.25, -0.2) is 18.7 Å². The predicted octanol–water partition coefficient (Wildman–Crippen LogP) is 5.04. The number of hydrogen-bond acceptors (Lipinski definition) is 5. The van der Waals surface area contributed by atoms with Crippen molar-refractivity contribution >= 4 is 5.91 Å². The Morgan fingerprint density at radius 1 is 1.12 bits per heavy atom. The minimum absolute atomic E-state index is 0.105. The first-order chi connectivity index (χ1) is 15.1. The van der Waals surface area contributed by atoms with Crippen LogP contribution in [0.15, 0.2) is 35.0 Å². The van der Waals surface area contributed by atoms with Crippen molar-refractivity contribution < 1.29 is 18.1 Å². The molecule has 1 fully saturated rings. The lowest BCUT2D eigenvalue weighted by Gasteiger charge is -2.33. The standard InChI is InChI=1S/C24H26F2N4O2/c1-14-11-20(32-29-14)17-13-27-23(24(2,3)4)28-21(17)15-7-9-30(10-8-15)22(31)16-5-6-18(25)19(26)12-16/h5-6,11-13,15H,7-10H2,1-4H3. The van der Waals surface area contributed by atoms with Gasteiger partial charge in [0.2, 0.25) is 0 Å². The molecule has 32 heavy (non-hydrogen) atoms. The molecule has 0 bridgehead atoms. The molecule has 1 amide bonds. The van der Waals surface area contributed by atoms with Crippen LogP contribution in [0.5, 0.6) is 0 Å². The Kier molecular flexibility index (Phi) is 5.79. The van der Waals surface area contributed by atoms with Gasteiger partial charge in [0.15, 0.2) is 17.4 Å². The van der Waals surface area contributed by atoms with Crippen LogP contribution in [0, 0.1) is 18.6 Å². The summed E-state index contributed by atoms with van der Waals surface area (Å²) in [6, 6.07) is 5.11. The van der Waals surface area contributed by atoms with Crippen LogP contribution in [0.25, 0.3) is 11.3 Å². The third-order valence-corrected chi connectivity index (χ3v) is 5.72. The number of amides is 1. The molecule has 8 heteroatoms. The number of rotatable bonds is 3. The summed E-state index contributed by atoms with van der Waals surface area (Å²) in [4.78, 5) is 23.9. The first kappa shape index (κ1) is 22.0. The highest BCUT2D eigenvalue weighted by atomic mass is 19.2. The van der Waals surface area contributed by atoms with Crippen molar-refractivity contribution in [3.63, 3.8) is 0 Å². The summed E-state index contributed by atoms with van der Waals surface area (Å²) in [5.41, 5.74) is 2.41. The number of carbonyl (C=O) groups is 1. The summed E-state index contributed by atoms with van der Waals surface area (Å²) < 4.78 is 32.3. The van der Waals surface area contributed by atoms with Gasteiger partial charge in [-0.1, -0.05) is 25.9 Å². The lowest BCUT2D eigenvalue weighted by molar-refractivity contribution is 0.0711. The summed E-state index contributed by atoms with van der Waals surface area (Å²) in [6.45, 7) is 9.03. The highest BCUT2D eigenvalue weighted by Crippen LogP contribution is 2.35. The van der Waals surface area contributed by atoms with Crippen molar-refractivity contribution in [2.75, 3.05) is 13.1 Å². The van der Waals surface area contributed by atoms with Crippen molar-refractivity contribution in [1.29, 1.82) is 0 Å². The first-order valence-corrected chi connectivity index (χ1v) is 10.7. The summed E-state index contributed by atoms with van der Waals surface area (Å²) in [7, 11) is 0. The lowest BCUT2D eigenvalue weighted by Crippen LogP contribution is -2.38.